The van der Waals surface area contributed by atoms with Gasteiger partial charge >= 0.3 is 5.97 Å². The zero-order chi connectivity index (χ0) is 16.4. The van der Waals surface area contributed by atoms with E-state index < -0.39 is 5.97 Å². The highest BCUT2D eigenvalue weighted by atomic mass is 19.1. The highest BCUT2D eigenvalue weighted by molar-refractivity contribution is 5.80. The number of benzene rings is 2. The summed E-state index contributed by atoms with van der Waals surface area (Å²) in [4.78, 5) is 12.2. The molecule has 23 heavy (non-hydrogen) atoms. The Bertz CT molecular complexity index is 797. The molecule has 0 amide bonds. The summed E-state index contributed by atoms with van der Waals surface area (Å²) in [6.07, 6.45) is 0.568. The van der Waals surface area contributed by atoms with Crippen molar-refractivity contribution >= 4 is 5.97 Å². The summed E-state index contributed by atoms with van der Waals surface area (Å²) in [6, 6.07) is 13.0. The first-order valence-electron chi connectivity index (χ1n) is 7.18. The number of hydrogen-bond donors (Lipinski definition) is 0. The van der Waals surface area contributed by atoms with Crippen LogP contribution in [0.5, 0.6) is 11.5 Å². The average Bonchev–Trinajstić information content (AvgIpc) is 3.36. The van der Waals surface area contributed by atoms with Crippen molar-refractivity contribution in [2.75, 3.05) is 7.11 Å². The van der Waals surface area contributed by atoms with Crippen LogP contribution < -0.4 is 9.47 Å². The quantitative estimate of drug-likeness (QED) is 0.641. The van der Waals surface area contributed by atoms with Crippen LogP contribution in [-0.4, -0.2) is 13.1 Å². The number of hydrogen-bond acceptors (Lipinski definition) is 4. The molecule has 0 radical (unpaired) electrons. The van der Waals surface area contributed by atoms with Crippen molar-refractivity contribution in [3.05, 3.63) is 59.4 Å². The zero-order valence-electron chi connectivity index (χ0n) is 12.5. The van der Waals surface area contributed by atoms with Crippen LogP contribution in [0.3, 0.4) is 0 Å². The highest BCUT2D eigenvalue weighted by Gasteiger charge is 2.46. The predicted molar refractivity (Wildman–Crippen MR) is 80.6 cm³/mol. The number of halogens is 1. The van der Waals surface area contributed by atoms with E-state index in [0.717, 1.165) is 0 Å². The number of esters is 1. The minimum atomic E-state index is -0.415. The van der Waals surface area contributed by atoms with Crippen LogP contribution in [0.15, 0.2) is 42.5 Å². The second-order valence-electron chi connectivity index (χ2n) is 5.37. The van der Waals surface area contributed by atoms with Crippen LogP contribution in [0.2, 0.25) is 0 Å². The van der Waals surface area contributed by atoms with Gasteiger partial charge in [-0.15, -0.1) is 0 Å². The molecule has 2 aromatic carbocycles. The molecule has 2 atom stereocenters. The van der Waals surface area contributed by atoms with Gasteiger partial charge in [-0.25, -0.2) is 4.39 Å². The van der Waals surface area contributed by atoms with E-state index >= 15 is 0 Å². The van der Waals surface area contributed by atoms with Gasteiger partial charge in [0.05, 0.1) is 24.7 Å². The van der Waals surface area contributed by atoms with Gasteiger partial charge in [0.25, 0.3) is 0 Å². The standard InChI is InChI=1S/C18H14FNO3/c1-22-17-8-11(10-20)6-7-16(17)23-18(21)14-9-13(14)12-4-2-3-5-15(12)19/h2-8,13-14H,9H2,1H3. The maximum Gasteiger partial charge on any atom is 0.315 e. The molecule has 1 saturated carbocycles. The molecule has 0 saturated heterocycles. The van der Waals surface area contributed by atoms with E-state index in [0.29, 0.717) is 23.3 Å². The number of carbonyl (C=O) groups is 1. The molecule has 0 spiro atoms. The molecular formula is C18H14FNO3. The monoisotopic (exact) mass is 311 g/mol. The van der Waals surface area contributed by atoms with Gasteiger partial charge in [-0.3, -0.25) is 4.79 Å². The highest BCUT2D eigenvalue weighted by Crippen LogP contribution is 2.49. The van der Waals surface area contributed by atoms with Gasteiger partial charge < -0.3 is 9.47 Å². The Morgan fingerprint density at radius 2 is 2.04 bits per heavy atom. The summed E-state index contributed by atoms with van der Waals surface area (Å²) in [5.74, 6) is -0.637. The fraction of sp³-hybridized carbons (Fsp3) is 0.222. The summed E-state index contributed by atoms with van der Waals surface area (Å²) >= 11 is 0. The minimum Gasteiger partial charge on any atom is -0.493 e. The van der Waals surface area contributed by atoms with Crippen LogP contribution in [0.1, 0.15) is 23.5 Å². The SMILES string of the molecule is COc1cc(C#N)ccc1OC(=O)C1CC1c1ccccc1F. The summed E-state index contributed by atoms with van der Waals surface area (Å²) in [5, 5.41) is 8.87. The first kappa shape index (κ1) is 15.0. The van der Waals surface area contributed by atoms with Crippen molar-refractivity contribution in [3.63, 3.8) is 0 Å². The van der Waals surface area contributed by atoms with Crippen molar-refractivity contribution in [2.45, 2.75) is 12.3 Å². The van der Waals surface area contributed by atoms with Crippen LogP contribution in [0.25, 0.3) is 0 Å². The van der Waals surface area contributed by atoms with E-state index in [2.05, 4.69) is 0 Å². The number of rotatable bonds is 4. The average molecular weight is 311 g/mol. The zero-order valence-corrected chi connectivity index (χ0v) is 12.5. The summed E-state index contributed by atoms with van der Waals surface area (Å²) in [5.41, 5.74) is 0.957. The molecule has 0 heterocycles. The molecule has 116 valence electrons. The Morgan fingerprint density at radius 1 is 1.26 bits per heavy atom. The van der Waals surface area contributed by atoms with E-state index in [4.69, 9.17) is 14.7 Å². The lowest BCUT2D eigenvalue weighted by Gasteiger charge is -2.09. The lowest BCUT2D eigenvalue weighted by Crippen LogP contribution is -2.12. The first-order valence-corrected chi connectivity index (χ1v) is 7.18. The Morgan fingerprint density at radius 3 is 2.74 bits per heavy atom. The molecule has 1 aliphatic carbocycles. The van der Waals surface area contributed by atoms with Gasteiger partial charge in [-0.1, -0.05) is 18.2 Å². The molecular weight excluding hydrogens is 297 g/mol. The second kappa shape index (κ2) is 6.09. The largest absolute Gasteiger partial charge is 0.493 e. The van der Waals surface area contributed by atoms with E-state index in [1.807, 2.05) is 6.07 Å². The number of ether oxygens (including phenoxy) is 2. The topological polar surface area (TPSA) is 59.3 Å². The molecule has 4 nitrogen and oxygen atoms in total. The lowest BCUT2D eigenvalue weighted by molar-refractivity contribution is -0.136. The summed E-state index contributed by atoms with van der Waals surface area (Å²) in [6.45, 7) is 0. The molecule has 0 bridgehead atoms. The predicted octanol–water partition coefficient (Wildman–Crippen LogP) is 3.42. The maximum atomic E-state index is 13.7. The van der Waals surface area contributed by atoms with Crippen molar-refractivity contribution in [1.82, 2.24) is 0 Å². The molecule has 2 unspecified atom stereocenters. The molecule has 0 N–H and O–H groups in total. The van der Waals surface area contributed by atoms with Crippen LogP contribution >= 0.6 is 0 Å². The number of carbonyl (C=O) groups excluding carboxylic acids is 1. The molecule has 0 aliphatic heterocycles. The fourth-order valence-electron chi connectivity index (χ4n) is 2.58. The molecule has 3 rings (SSSR count). The maximum absolute atomic E-state index is 13.7. The van der Waals surface area contributed by atoms with Crippen LogP contribution in [0.4, 0.5) is 4.39 Å². The fourth-order valence-corrected chi connectivity index (χ4v) is 2.58. The van der Waals surface area contributed by atoms with Crippen LogP contribution in [0, 0.1) is 23.1 Å². The second-order valence-corrected chi connectivity index (χ2v) is 5.37. The molecule has 5 heteroatoms. The molecule has 1 fully saturated rings. The number of nitrogens with zero attached hydrogens (tertiary/aromatic N) is 1. The normalized spacial score (nSPS) is 18.8. The smallest absolute Gasteiger partial charge is 0.315 e. The van der Waals surface area contributed by atoms with E-state index in [1.165, 1.54) is 25.3 Å². The third kappa shape index (κ3) is 3.02. The van der Waals surface area contributed by atoms with Crippen molar-refractivity contribution in [1.29, 1.82) is 5.26 Å². The van der Waals surface area contributed by atoms with Gasteiger partial charge in [0.1, 0.15) is 5.82 Å². The van der Waals surface area contributed by atoms with Gasteiger partial charge in [0, 0.05) is 12.0 Å². The number of methoxy groups -OCH3 is 1. The summed E-state index contributed by atoms with van der Waals surface area (Å²) < 4.78 is 24.2. The summed E-state index contributed by atoms with van der Waals surface area (Å²) in [7, 11) is 1.44. The Kier molecular flexibility index (Phi) is 3.98. The Labute approximate surface area is 133 Å². The van der Waals surface area contributed by atoms with E-state index in [-0.39, 0.29) is 23.4 Å². The lowest BCUT2D eigenvalue weighted by atomic mass is 10.1. The third-order valence-corrected chi connectivity index (χ3v) is 3.90. The molecule has 2 aromatic rings. The Balaban J connectivity index is 1.72. The third-order valence-electron chi connectivity index (χ3n) is 3.90. The minimum absolute atomic E-state index is 0.145. The van der Waals surface area contributed by atoms with Crippen molar-refractivity contribution in [3.8, 4) is 17.6 Å². The first-order chi connectivity index (χ1) is 11.1. The van der Waals surface area contributed by atoms with Gasteiger partial charge in [-0.05, 0) is 30.2 Å². The van der Waals surface area contributed by atoms with E-state index in [1.54, 1.807) is 24.3 Å². The molecule has 1 aliphatic rings. The van der Waals surface area contributed by atoms with Crippen LogP contribution in [-0.2, 0) is 4.79 Å². The van der Waals surface area contributed by atoms with Gasteiger partial charge in [-0.2, -0.15) is 5.26 Å². The van der Waals surface area contributed by atoms with E-state index in [9.17, 15) is 9.18 Å². The van der Waals surface area contributed by atoms with Crippen molar-refractivity contribution in [2.24, 2.45) is 5.92 Å². The number of nitriles is 1. The molecule has 0 aromatic heterocycles. The van der Waals surface area contributed by atoms with Gasteiger partial charge in [0.2, 0.25) is 0 Å². The van der Waals surface area contributed by atoms with Gasteiger partial charge in [0.15, 0.2) is 11.5 Å². The Hall–Kier alpha value is -2.87. The van der Waals surface area contributed by atoms with Crippen molar-refractivity contribution < 1.29 is 18.7 Å².